The van der Waals surface area contributed by atoms with E-state index in [9.17, 15) is 4.79 Å². The summed E-state index contributed by atoms with van der Waals surface area (Å²) in [5.74, 6) is 2.36. The van der Waals surface area contributed by atoms with Crippen molar-refractivity contribution in [3.8, 4) is 17.1 Å². The normalized spacial score (nSPS) is 16.3. The quantitative estimate of drug-likeness (QED) is 0.377. The van der Waals surface area contributed by atoms with Crippen molar-refractivity contribution in [3.63, 3.8) is 0 Å². The molecule has 170 valence electrons. The summed E-state index contributed by atoms with van der Waals surface area (Å²) >= 11 is 3.18. The first-order valence-electron chi connectivity index (χ1n) is 10.9. The van der Waals surface area contributed by atoms with Gasteiger partial charge in [0.1, 0.15) is 5.75 Å². The number of fused-ring (bicyclic) bond motifs is 1. The number of aromatic nitrogens is 4. The standard InChI is InChI=1S/C24H25N5O2S2/c1-28-22(16-9-11-18(31-2)12-10-16)26-27-24(28)32-15-21(30)29-13-5-6-17(14-29)23-25-19-7-3-4-8-20(19)33-23/h3-4,7-12,17H,5-6,13-15H2,1-2H3/t17-/m1/s1. The SMILES string of the molecule is COc1ccc(-c2nnc(SCC(=O)N3CCC[C@@H](c4nc5ccccc5s4)C3)n2C)cc1. The van der Waals surface area contributed by atoms with Crippen molar-refractivity contribution in [2.45, 2.75) is 23.9 Å². The summed E-state index contributed by atoms with van der Waals surface area (Å²) in [5.41, 5.74) is 2.00. The van der Waals surface area contributed by atoms with Crippen molar-refractivity contribution in [2.75, 3.05) is 26.0 Å². The van der Waals surface area contributed by atoms with E-state index in [4.69, 9.17) is 9.72 Å². The molecule has 1 aliphatic heterocycles. The van der Waals surface area contributed by atoms with Crippen molar-refractivity contribution in [1.82, 2.24) is 24.6 Å². The van der Waals surface area contributed by atoms with Crippen LogP contribution in [0.2, 0.25) is 0 Å². The van der Waals surface area contributed by atoms with E-state index in [1.165, 1.54) is 16.5 Å². The zero-order valence-corrected chi connectivity index (χ0v) is 20.2. The van der Waals surface area contributed by atoms with Crippen LogP contribution < -0.4 is 4.74 Å². The highest BCUT2D eigenvalue weighted by molar-refractivity contribution is 7.99. The number of benzene rings is 2. The molecule has 2 aromatic carbocycles. The molecule has 1 aliphatic rings. The van der Waals surface area contributed by atoms with E-state index in [0.29, 0.717) is 11.7 Å². The van der Waals surface area contributed by atoms with Gasteiger partial charge in [-0.3, -0.25) is 4.79 Å². The number of ether oxygens (including phenoxy) is 1. The molecule has 0 unspecified atom stereocenters. The second-order valence-electron chi connectivity index (χ2n) is 8.08. The highest BCUT2D eigenvalue weighted by atomic mass is 32.2. The molecule has 7 nitrogen and oxygen atoms in total. The number of carbonyl (C=O) groups excluding carboxylic acids is 1. The van der Waals surface area contributed by atoms with E-state index < -0.39 is 0 Å². The summed E-state index contributed by atoms with van der Waals surface area (Å²) in [6.07, 6.45) is 2.08. The van der Waals surface area contributed by atoms with Crippen LogP contribution in [0.5, 0.6) is 5.75 Å². The molecule has 0 N–H and O–H groups in total. The zero-order valence-electron chi connectivity index (χ0n) is 18.6. The minimum Gasteiger partial charge on any atom is -0.497 e. The number of methoxy groups -OCH3 is 1. The second kappa shape index (κ2) is 9.52. The van der Waals surface area contributed by atoms with E-state index in [1.54, 1.807) is 18.4 Å². The molecule has 0 saturated carbocycles. The Morgan fingerprint density at radius 2 is 2.00 bits per heavy atom. The van der Waals surface area contributed by atoms with Crippen molar-refractivity contribution in [2.24, 2.45) is 7.05 Å². The molecular weight excluding hydrogens is 454 g/mol. The molecule has 9 heteroatoms. The van der Waals surface area contributed by atoms with E-state index in [-0.39, 0.29) is 5.91 Å². The summed E-state index contributed by atoms with van der Waals surface area (Å²) in [7, 11) is 3.57. The molecule has 0 radical (unpaired) electrons. The van der Waals surface area contributed by atoms with Gasteiger partial charge in [-0.2, -0.15) is 0 Å². The lowest BCUT2D eigenvalue weighted by Crippen LogP contribution is -2.40. The molecule has 0 spiro atoms. The van der Waals surface area contributed by atoms with Gasteiger partial charge < -0.3 is 14.2 Å². The number of rotatable bonds is 6. The molecule has 0 bridgehead atoms. The lowest BCUT2D eigenvalue weighted by atomic mass is 9.99. The molecule has 2 aromatic heterocycles. The Balaban J connectivity index is 1.22. The van der Waals surface area contributed by atoms with Crippen LogP contribution in [-0.4, -0.2) is 56.5 Å². The number of hydrogen-bond donors (Lipinski definition) is 0. The highest BCUT2D eigenvalue weighted by Gasteiger charge is 2.27. The lowest BCUT2D eigenvalue weighted by molar-refractivity contribution is -0.129. The van der Waals surface area contributed by atoms with Crippen LogP contribution >= 0.6 is 23.1 Å². The van der Waals surface area contributed by atoms with Gasteiger partial charge in [-0.1, -0.05) is 23.9 Å². The molecule has 33 heavy (non-hydrogen) atoms. The summed E-state index contributed by atoms with van der Waals surface area (Å²) in [5, 5.41) is 10.5. The van der Waals surface area contributed by atoms with Crippen molar-refractivity contribution >= 4 is 39.2 Å². The molecule has 1 fully saturated rings. The first-order valence-corrected chi connectivity index (χ1v) is 12.7. The maximum absolute atomic E-state index is 13.0. The van der Waals surface area contributed by atoms with E-state index in [1.807, 2.05) is 52.9 Å². The summed E-state index contributed by atoms with van der Waals surface area (Å²) in [4.78, 5) is 19.8. The number of thioether (sulfide) groups is 1. The van der Waals surface area contributed by atoms with Gasteiger partial charge in [0, 0.05) is 31.6 Å². The summed E-state index contributed by atoms with van der Waals surface area (Å²) in [6, 6.07) is 15.9. The van der Waals surface area contributed by atoms with Crippen molar-refractivity contribution in [1.29, 1.82) is 0 Å². The van der Waals surface area contributed by atoms with Crippen LogP contribution in [0.4, 0.5) is 0 Å². The number of carbonyl (C=O) groups is 1. The Morgan fingerprint density at radius 3 is 2.79 bits per heavy atom. The maximum atomic E-state index is 13.0. The molecule has 0 aliphatic carbocycles. The first kappa shape index (κ1) is 21.9. The van der Waals surface area contributed by atoms with E-state index in [0.717, 1.165) is 58.7 Å². The third-order valence-electron chi connectivity index (χ3n) is 5.94. The lowest BCUT2D eigenvalue weighted by Gasteiger charge is -2.31. The van der Waals surface area contributed by atoms with Crippen LogP contribution in [-0.2, 0) is 11.8 Å². The Kier molecular flexibility index (Phi) is 6.32. The fraction of sp³-hybridized carbons (Fsp3) is 0.333. The number of thiazole rings is 1. The molecular formula is C24H25N5O2S2. The van der Waals surface area contributed by atoms with E-state index in [2.05, 4.69) is 22.3 Å². The number of hydrogen-bond acceptors (Lipinski definition) is 7. The van der Waals surface area contributed by atoms with Gasteiger partial charge in [-0.05, 0) is 49.2 Å². The molecule has 5 rings (SSSR count). The van der Waals surface area contributed by atoms with Gasteiger partial charge in [-0.15, -0.1) is 21.5 Å². The molecule has 3 heterocycles. The van der Waals surface area contributed by atoms with Crippen LogP contribution in [0.1, 0.15) is 23.8 Å². The average molecular weight is 480 g/mol. The summed E-state index contributed by atoms with van der Waals surface area (Å²) < 4.78 is 8.36. The second-order valence-corrected chi connectivity index (χ2v) is 10.1. The van der Waals surface area contributed by atoms with E-state index >= 15 is 0 Å². The van der Waals surface area contributed by atoms with Gasteiger partial charge in [-0.25, -0.2) is 4.98 Å². The van der Waals surface area contributed by atoms with Crippen LogP contribution in [0.15, 0.2) is 53.7 Å². The van der Waals surface area contributed by atoms with Crippen LogP contribution in [0.25, 0.3) is 21.6 Å². The minimum atomic E-state index is 0.139. The number of piperidine rings is 1. The third-order valence-corrected chi connectivity index (χ3v) is 8.15. The predicted octanol–water partition coefficient (Wildman–Crippen LogP) is 4.60. The maximum Gasteiger partial charge on any atom is 0.233 e. The molecule has 1 atom stereocenters. The van der Waals surface area contributed by atoms with Crippen molar-refractivity contribution < 1.29 is 9.53 Å². The number of amides is 1. The van der Waals surface area contributed by atoms with Gasteiger partial charge in [0.05, 0.1) is 28.1 Å². The van der Waals surface area contributed by atoms with Crippen molar-refractivity contribution in [3.05, 3.63) is 53.5 Å². The number of likely N-dealkylation sites (tertiary alicyclic amines) is 1. The highest BCUT2D eigenvalue weighted by Crippen LogP contribution is 2.33. The third kappa shape index (κ3) is 4.60. The number of para-hydroxylation sites is 1. The largest absolute Gasteiger partial charge is 0.497 e. The average Bonchev–Trinajstić information content (AvgIpc) is 3.46. The molecule has 4 aromatic rings. The summed E-state index contributed by atoms with van der Waals surface area (Å²) in [6.45, 7) is 1.53. The predicted molar refractivity (Wildman–Crippen MR) is 132 cm³/mol. The van der Waals surface area contributed by atoms with Gasteiger partial charge in [0.2, 0.25) is 5.91 Å². The molecule has 1 amide bonds. The minimum absolute atomic E-state index is 0.139. The zero-order chi connectivity index (χ0) is 22.8. The Bertz CT molecular complexity index is 1230. The first-order chi connectivity index (χ1) is 16.1. The Morgan fingerprint density at radius 1 is 1.18 bits per heavy atom. The van der Waals surface area contributed by atoms with Crippen LogP contribution in [0, 0.1) is 0 Å². The Hall–Kier alpha value is -2.91. The monoisotopic (exact) mass is 479 g/mol. The van der Waals surface area contributed by atoms with Crippen LogP contribution in [0.3, 0.4) is 0 Å². The van der Waals surface area contributed by atoms with Gasteiger partial charge >= 0.3 is 0 Å². The fourth-order valence-electron chi connectivity index (χ4n) is 4.12. The topological polar surface area (TPSA) is 73.1 Å². The number of nitrogens with zero attached hydrogens (tertiary/aromatic N) is 5. The Labute approximate surface area is 200 Å². The molecule has 1 saturated heterocycles. The smallest absolute Gasteiger partial charge is 0.233 e. The van der Waals surface area contributed by atoms with Gasteiger partial charge in [0.25, 0.3) is 0 Å². The fourth-order valence-corrected chi connectivity index (χ4v) is 6.03. The van der Waals surface area contributed by atoms with Gasteiger partial charge in [0.15, 0.2) is 11.0 Å².